The Morgan fingerprint density at radius 2 is 2.22 bits per heavy atom. The van der Waals surface area contributed by atoms with E-state index in [0.29, 0.717) is 6.04 Å². The van der Waals surface area contributed by atoms with Crippen LogP contribution in [0.2, 0.25) is 0 Å². The molecule has 0 saturated carbocycles. The highest BCUT2D eigenvalue weighted by molar-refractivity contribution is 9.10. The number of rotatable bonds is 2. The fraction of sp³-hybridized carbons (Fsp3) is 0.385. The molecule has 5 heteroatoms. The Labute approximate surface area is 114 Å². The largest absolute Gasteiger partial charge is 0.307 e. The van der Waals surface area contributed by atoms with Crippen molar-refractivity contribution in [2.24, 2.45) is 0 Å². The summed E-state index contributed by atoms with van der Waals surface area (Å²) in [5.74, 6) is 1.71. The highest BCUT2D eigenvalue weighted by Gasteiger charge is 2.18. The van der Waals surface area contributed by atoms with E-state index in [1.54, 1.807) is 0 Å². The van der Waals surface area contributed by atoms with Crippen molar-refractivity contribution in [1.29, 1.82) is 0 Å². The predicted octanol–water partition coefficient (Wildman–Crippen LogP) is 3.05. The Kier molecular flexibility index (Phi) is 3.43. The van der Waals surface area contributed by atoms with Crippen molar-refractivity contribution in [2.75, 3.05) is 6.54 Å². The third-order valence-electron chi connectivity index (χ3n) is 3.23. The molecule has 2 heterocycles. The van der Waals surface area contributed by atoms with E-state index in [1.807, 2.05) is 24.3 Å². The highest BCUT2D eigenvalue weighted by atomic mass is 79.9. The van der Waals surface area contributed by atoms with E-state index in [9.17, 15) is 0 Å². The van der Waals surface area contributed by atoms with E-state index >= 15 is 0 Å². The average Bonchev–Trinajstić information content (AvgIpc) is 2.89. The molecule has 2 aromatic rings. The van der Waals surface area contributed by atoms with Crippen molar-refractivity contribution in [3.05, 3.63) is 34.6 Å². The maximum atomic E-state index is 4.60. The lowest BCUT2D eigenvalue weighted by Crippen LogP contribution is -2.27. The van der Waals surface area contributed by atoms with Crippen LogP contribution >= 0.6 is 15.9 Å². The zero-order valence-corrected chi connectivity index (χ0v) is 11.6. The van der Waals surface area contributed by atoms with Crippen LogP contribution in [0.5, 0.6) is 0 Å². The quantitative estimate of drug-likeness (QED) is 0.896. The molecule has 1 aromatic carbocycles. The predicted molar refractivity (Wildman–Crippen MR) is 74.1 cm³/mol. The lowest BCUT2D eigenvalue weighted by atomic mass is 10.0. The molecule has 0 spiro atoms. The standard InChI is InChI=1S/C13H15BrN4/c14-10-5-3-4-9(8-10)12-16-13(18-17-12)11-6-1-2-7-15-11/h3-5,8,11,15H,1-2,6-7H2,(H,16,17,18). The zero-order chi connectivity index (χ0) is 12.4. The van der Waals surface area contributed by atoms with Gasteiger partial charge in [0.05, 0.1) is 6.04 Å². The summed E-state index contributed by atoms with van der Waals surface area (Å²) in [6, 6.07) is 8.37. The number of aromatic nitrogens is 3. The van der Waals surface area contributed by atoms with Crippen LogP contribution in [0.1, 0.15) is 31.1 Å². The van der Waals surface area contributed by atoms with Crippen LogP contribution in [0, 0.1) is 0 Å². The summed E-state index contributed by atoms with van der Waals surface area (Å²) in [5, 5.41) is 10.8. The monoisotopic (exact) mass is 306 g/mol. The van der Waals surface area contributed by atoms with Crippen molar-refractivity contribution in [3.63, 3.8) is 0 Å². The first kappa shape index (κ1) is 11.9. The van der Waals surface area contributed by atoms with Gasteiger partial charge in [-0.15, -0.1) is 0 Å². The van der Waals surface area contributed by atoms with E-state index in [0.717, 1.165) is 34.7 Å². The Hall–Kier alpha value is -1.20. The van der Waals surface area contributed by atoms with E-state index in [-0.39, 0.29) is 0 Å². The first-order valence-electron chi connectivity index (χ1n) is 6.24. The number of H-pyrrole nitrogens is 1. The molecule has 0 amide bonds. The smallest absolute Gasteiger partial charge is 0.181 e. The van der Waals surface area contributed by atoms with Gasteiger partial charge in [0, 0.05) is 10.0 Å². The summed E-state index contributed by atoms with van der Waals surface area (Å²) < 4.78 is 1.04. The van der Waals surface area contributed by atoms with Gasteiger partial charge in [0.2, 0.25) is 0 Å². The lowest BCUT2D eigenvalue weighted by molar-refractivity contribution is 0.398. The molecule has 0 aliphatic carbocycles. The van der Waals surface area contributed by atoms with Gasteiger partial charge in [-0.2, -0.15) is 5.10 Å². The van der Waals surface area contributed by atoms with Crippen LogP contribution in [0.4, 0.5) is 0 Å². The van der Waals surface area contributed by atoms with Crippen LogP contribution in [0.25, 0.3) is 11.4 Å². The highest BCUT2D eigenvalue weighted by Crippen LogP contribution is 2.23. The van der Waals surface area contributed by atoms with E-state index in [1.165, 1.54) is 12.8 Å². The number of nitrogens with one attached hydrogen (secondary N) is 2. The van der Waals surface area contributed by atoms with Crippen molar-refractivity contribution < 1.29 is 0 Å². The van der Waals surface area contributed by atoms with E-state index in [4.69, 9.17) is 0 Å². The molecule has 1 unspecified atom stereocenters. The van der Waals surface area contributed by atoms with Crippen LogP contribution in [0.3, 0.4) is 0 Å². The molecule has 1 aliphatic heterocycles. The van der Waals surface area contributed by atoms with Crippen molar-refractivity contribution in [3.8, 4) is 11.4 Å². The van der Waals surface area contributed by atoms with Gasteiger partial charge >= 0.3 is 0 Å². The van der Waals surface area contributed by atoms with Gasteiger partial charge in [-0.3, -0.25) is 5.10 Å². The molecule has 4 nitrogen and oxygen atoms in total. The molecule has 1 atom stereocenters. The Balaban J connectivity index is 1.84. The molecule has 1 aromatic heterocycles. The van der Waals surface area contributed by atoms with Gasteiger partial charge in [-0.1, -0.05) is 34.5 Å². The fourth-order valence-corrected chi connectivity index (χ4v) is 2.67. The summed E-state index contributed by atoms with van der Waals surface area (Å²) in [7, 11) is 0. The second kappa shape index (κ2) is 5.20. The first-order valence-corrected chi connectivity index (χ1v) is 7.04. The molecule has 3 rings (SSSR count). The van der Waals surface area contributed by atoms with Crippen LogP contribution in [-0.2, 0) is 0 Å². The Morgan fingerprint density at radius 1 is 1.28 bits per heavy atom. The molecule has 0 bridgehead atoms. The fourth-order valence-electron chi connectivity index (χ4n) is 2.27. The Morgan fingerprint density at radius 3 is 3.00 bits per heavy atom. The maximum absolute atomic E-state index is 4.60. The topological polar surface area (TPSA) is 53.6 Å². The molecule has 1 aliphatic rings. The van der Waals surface area contributed by atoms with Gasteiger partial charge in [-0.25, -0.2) is 4.98 Å². The van der Waals surface area contributed by atoms with Gasteiger partial charge in [0.25, 0.3) is 0 Å². The van der Waals surface area contributed by atoms with Gasteiger partial charge < -0.3 is 5.32 Å². The molecule has 1 fully saturated rings. The van der Waals surface area contributed by atoms with E-state index in [2.05, 4.69) is 36.4 Å². The number of halogens is 1. The molecule has 0 radical (unpaired) electrons. The summed E-state index contributed by atoms with van der Waals surface area (Å²) in [6.45, 7) is 1.07. The van der Waals surface area contributed by atoms with Crippen LogP contribution in [-0.4, -0.2) is 21.7 Å². The molecular formula is C13H15BrN4. The number of piperidine rings is 1. The van der Waals surface area contributed by atoms with Gasteiger partial charge in [0.1, 0.15) is 5.82 Å². The molecular weight excluding hydrogens is 292 g/mol. The minimum atomic E-state index is 0.326. The number of aromatic amines is 1. The number of benzene rings is 1. The zero-order valence-electron chi connectivity index (χ0n) is 9.99. The first-order chi connectivity index (χ1) is 8.83. The summed E-state index contributed by atoms with van der Waals surface area (Å²) in [4.78, 5) is 4.60. The average molecular weight is 307 g/mol. The third kappa shape index (κ3) is 2.47. The molecule has 94 valence electrons. The SMILES string of the molecule is Brc1cccc(-c2n[nH]c(C3CCCCN3)n2)c1. The minimum Gasteiger partial charge on any atom is -0.307 e. The molecule has 2 N–H and O–H groups in total. The van der Waals surface area contributed by atoms with Gasteiger partial charge in [-0.05, 0) is 31.5 Å². The molecule has 1 saturated heterocycles. The van der Waals surface area contributed by atoms with Crippen molar-refractivity contribution in [2.45, 2.75) is 25.3 Å². The van der Waals surface area contributed by atoms with Gasteiger partial charge in [0.15, 0.2) is 5.82 Å². The summed E-state index contributed by atoms with van der Waals surface area (Å²) >= 11 is 3.46. The van der Waals surface area contributed by atoms with Crippen LogP contribution in [0.15, 0.2) is 28.7 Å². The van der Waals surface area contributed by atoms with Crippen molar-refractivity contribution >= 4 is 15.9 Å². The number of nitrogens with zero attached hydrogens (tertiary/aromatic N) is 2. The second-order valence-corrected chi connectivity index (χ2v) is 5.47. The van der Waals surface area contributed by atoms with E-state index < -0.39 is 0 Å². The van der Waals surface area contributed by atoms with Crippen LogP contribution < -0.4 is 5.32 Å². The third-order valence-corrected chi connectivity index (χ3v) is 3.72. The minimum absolute atomic E-state index is 0.326. The number of hydrogen-bond donors (Lipinski definition) is 2. The summed E-state index contributed by atoms with van der Waals surface area (Å²) in [6.07, 6.45) is 3.64. The summed E-state index contributed by atoms with van der Waals surface area (Å²) in [5.41, 5.74) is 1.03. The Bertz CT molecular complexity index is 531. The second-order valence-electron chi connectivity index (χ2n) is 4.56. The maximum Gasteiger partial charge on any atom is 0.181 e. The normalized spacial score (nSPS) is 19.9. The number of hydrogen-bond acceptors (Lipinski definition) is 3. The lowest BCUT2D eigenvalue weighted by Gasteiger charge is -2.20. The van der Waals surface area contributed by atoms with Crippen molar-refractivity contribution in [1.82, 2.24) is 20.5 Å². The molecule has 18 heavy (non-hydrogen) atoms.